The van der Waals surface area contributed by atoms with Gasteiger partial charge in [0.15, 0.2) is 0 Å². The van der Waals surface area contributed by atoms with E-state index in [0.29, 0.717) is 6.42 Å². The van der Waals surface area contributed by atoms with E-state index in [1.54, 1.807) is 7.05 Å². The van der Waals surface area contributed by atoms with Crippen molar-refractivity contribution in [2.45, 2.75) is 57.0 Å². The topological polar surface area (TPSA) is 49.4 Å². The molecule has 16 heavy (non-hydrogen) atoms. The number of carbonyl (C=O) groups excluding carboxylic acids is 2. The summed E-state index contributed by atoms with van der Waals surface area (Å²) in [6, 6.07) is -0.228. The molecule has 1 spiro atoms. The molecule has 1 aliphatic heterocycles. The molecule has 1 saturated heterocycles. The highest BCUT2D eigenvalue weighted by Gasteiger charge is 2.54. The van der Waals surface area contributed by atoms with Gasteiger partial charge in [0.1, 0.15) is 6.04 Å². The number of likely N-dealkylation sites (N-methyl/N-ethyl adjacent to an activating group) is 1. The number of rotatable bonds is 2. The van der Waals surface area contributed by atoms with E-state index in [0.717, 1.165) is 32.1 Å². The van der Waals surface area contributed by atoms with Gasteiger partial charge in [0, 0.05) is 19.0 Å². The SMILES string of the molecule is CCC(=O)N1C(C(=O)NC)CCCC12CC2. The van der Waals surface area contributed by atoms with Crippen molar-refractivity contribution in [2.75, 3.05) is 7.05 Å². The van der Waals surface area contributed by atoms with Gasteiger partial charge in [-0.25, -0.2) is 0 Å². The van der Waals surface area contributed by atoms with Gasteiger partial charge in [-0.3, -0.25) is 9.59 Å². The lowest BCUT2D eigenvalue weighted by atomic mass is 9.92. The first-order chi connectivity index (χ1) is 7.64. The first-order valence-electron chi connectivity index (χ1n) is 6.18. The number of nitrogens with zero attached hydrogens (tertiary/aromatic N) is 1. The quantitative estimate of drug-likeness (QED) is 0.762. The number of amides is 2. The van der Waals surface area contributed by atoms with Crippen molar-refractivity contribution in [3.8, 4) is 0 Å². The van der Waals surface area contributed by atoms with Crippen LogP contribution in [0.3, 0.4) is 0 Å². The summed E-state index contributed by atoms with van der Waals surface area (Å²) in [6.45, 7) is 1.87. The van der Waals surface area contributed by atoms with E-state index in [2.05, 4.69) is 5.32 Å². The normalized spacial score (nSPS) is 26.6. The fourth-order valence-corrected chi connectivity index (χ4v) is 2.86. The van der Waals surface area contributed by atoms with Crippen molar-refractivity contribution in [2.24, 2.45) is 0 Å². The molecule has 0 aromatic heterocycles. The molecule has 0 aromatic carbocycles. The van der Waals surface area contributed by atoms with Crippen LogP contribution in [0, 0.1) is 0 Å². The van der Waals surface area contributed by atoms with Crippen LogP contribution in [0.15, 0.2) is 0 Å². The van der Waals surface area contributed by atoms with Crippen molar-refractivity contribution in [3.05, 3.63) is 0 Å². The van der Waals surface area contributed by atoms with Crippen molar-refractivity contribution < 1.29 is 9.59 Å². The molecule has 2 aliphatic rings. The van der Waals surface area contributed by atoms with Gasteiger partial charge in [-0.15, -0.1) is 0 Å². The number of piperidine rings is 1. The minimum absolute atomic E-state index is 0.00669. The molecule has 90 valence electrons. The Balaban J connectivity index is 2.22. The van der Waals surface area contributed by atoms with Crippen molar-refractivity contribution in [1.29, 1.82) is 0 Å². The van der Waals surface area contributed by atoms with Gasteiger partial charge in [-0.05, 0) is 32.1 Å². The molecule has 2 amide bonds. The van der Waals surface area contributed by atoms with Gasteiger partial charge < -0.3 is 10.2 Å². The van der Waals surface area contributed by atoms with Gasteiger partial charge >= 0.3 is 0 Å². The molecule has 1 unspecified atom stereocenters. The summed E-state index contributed by atoms with van der Waals surface area (Å²) in [4.78, 5) is 25.7. The Morgan fingerprint density at radius 2 is 2.06 bits per heavy atom. The second kappa shape index (κ2) is 4.07. The number of nitrogens with one attached hydrogen (secondary N) is 1. The smallest absolute Gasteiger partial charge is 0.242 e. The highest BCUT2D eigenvalue weighted by Crippen LogP contribution is 2.50. The Morgan fingerprint density at radius 1 is 1.38 bits per heavy atom. The Hall–Kier alpha value is -1.06. The average Bonchev–Trinajstić information content (AvgIpc) is 3.07. The molecular formula is C12H20N2O2. The second-order valence-corrected chi connectivity index (χ2v) is 4.86. The van der Waals surface area contributed by atoms with E-state index in [1.807, 2.05) is 11.8 Å². The van der Waals surface area contributed by atoms with Gasteiger partial charge in [0.25, 0.3) is 0 Å². The van der Waals surface area contributed by atoms with Gasteiger partial charge in [0.2, 0.25) is 11.8 Å². The number of likely N-dealkylation sites (tertiary alicyclic amines) is 1. The lowest BCUT2D eigenvalue weighted by molar-refractivity contribution is -0.146. The van der Waals surface area contributed by atoms with Crippen LogP contribution in [0.25, 0.3) is 0 Å². The molecule has 0 bridgehead atoms. The third-order valence-electron chi connectivity index (χ3n) is 3.89. The standard InChI is InChI=1S/C12H20N2O2/c1-3-10(15)14-9(11(16)13-2)5-4-6-12(14)7-8-12/h9H,3-8H2,1-2H3,(H,13,16). The number of hydrogen-bond acceptors (Lipinski definition) is 2. The monoisotopic (exact) mass is 224 g/mol. The molecule has 0 radical (unpaired) electrons. The molecule has 1 N–H and O–H groups in total. The van der Waals surface area contributed by atoms with E-state index in [4.69, 9.17) is 0 Å². The average molecular weight is 224 g/mol. The molecule has 1 heterocycles. The minimum Gasteiger partial charge on any atom is -0.357 e. The zero-order chi connectivity index (χ0) is 11.8. The predicted molar refractivity (Wildman–Crippen MR) is 60.8 cm³/mol. The fourth-order valence-electron chi connectivity index (χ4n) is 2.86. The maximum atomic E-state index is 12.0. The van der Waals surface area contributed by atoms with Crippen molar-refractivity contribution in [1.82, 2.24) is 10.2 Å². The first-order valence-corrected chi connectivity index (χ1v) is 6.18. The summed E-state index contributed by atoms with van der Waals surface area (Å²) in [5.41, 5.74) is 0.0442. The van der Waals surface area contributed by atoms with E-state index in [-0.39, 0.29) is 23.4 Å². The number of carbonyl (C=O) groups is 2. The minimum atomic E-state index is -0.228. The third-order valence-corrected chi connectivity index (χ3v) is 3.89. The van der Waals surface area contributed by atoms with E-state index >= 15 is 0 Å². The maximum Gasteiger partial charge on any atom is 0.242 e. The molecule has 2 rings (SSSR count). The van der Waals surface area contributed by atoms with E-state index in [9.17, 15) is 9.59 Å². The predicted octanol–water partition coefficient (Wildman–Crippen LogP) is 1.06. The highest BCUT2D eigenvalue weighted by molar-refractivity contribution is 5.88. The summed E-state index contributed by atoms with van der Waals surface area (Å²) in [5, 5.41) is 2.68. The van der Waals surface area contributed by atoms with Gasteiger partial charge in [-0.1, -0.05) is 6.92 Å². The Labute approximate surface area is 96.4 Å². The van der Waals surface area contributed by atoms with Crippen molar-refractivity contribution in [3.63, 3.8) is 0 Å². The van der Waals surface area contributed by atoms with E-state index < -0.39 is 0 Å². The summed E-state index contributed by atoms with van der Waals surface area (Å²) in [7, 11) is 1.64. The zero-order valence-electron chi connectivity index (χ0n) is 10.1. The van der Waals surface area contributed by atoms with Gasteiger partial charge in [-0.2, -0.15) is 0 Å². The fraction of sp³-hybridized carbons (Fsp3) is 0.833. The van der Waals surface area contributed by atoms with Crippen LogP contribution in [-0.4, -0.2) is 35.3 Å². The summed E-state index contributed by atoms with van der Waals surface area (Å²) in [5.74, 6) is 0.124. The van der Waals surface area contributed by atoms with Crippen molar-refractivity contribution >= 4 is 11.8 Å². The number of hydrogen-bond donors (Lipinski definition) is 1. The van der Waals surface area contributed by atoms with Crippen LogP contribution >= 0.6 is 0 Å². The molecule has 4 heteroatoms. The zero-order valence-corrected chi connectivity index (χ0v) is 10.1. The molecule has 1 aliphatic carbocycles. The molecule has 1 atom stereocenters. The van der Waals surface area contributed by atoms with Gasteiger partial charge in [0.05, 0.1) is 0 Å². The van der Waals surface area contributed by atoms with Crippen LogP contribution in [-0.2, 0) is 9.59 Å². The molecule has 0 aromatic rings. The Morgan fingerprint density at radius 3 is 2.56 bits per heavy atom. The van der Waals surface area contributed by atoms with Crippen LogP contribution in [0.5, 0.6) is 0 Å². The molecule has 2 fully saturated rings. The Kier molecular flexibility index (Phi) is 2.91. The lowest BCUT2D eigenvalue weighted by Gasteiger charge is -2.42. The van der Waals surface area contributed by atoms with Crippen LogP contribution in [0.1, 0.15) is 45.4 Å². The largest absolute Gasteiger partial charge is 0.357 e. The lowest BCUT2D eigenvalue weighted by Crippen LogP contribution is -2.57. The van der Waals surface area contributed by atoms with E-state index in [1.165, 1.54) is 0 Å². The van der Waals surface area contributed by atoms with Crippen LogP contribution < -0.4 is 5.32 Å². The molecule has 4 nitrogen and oxygen atoms in total. The summed E-state index contributed by atoms with van der Waals surface area (Å²) >= 11 is 0. The molecule has 1 saturated carbocycles. The Bertz CT molecular complexity index is 310. The second-order valence-electron chi connectivity index (χ2n) is 4.86. The van der Waals surface area contributed by atoms with Crippen LogP contribution in [0.2, 0.25) is 0 Å². The highest BCUT2D eigenvalue weighted by atomic mass is 16.2. The summed E-state index contributed by atoms with van der Waals surface area (Å²) in [6.07, 6.45) is 5.60. The first kappa shape index (κ1) is 11.4. The maximum absolute atomic E-state index is 12.0. The summed E-state index contributed by atoms with van der Waals surface area (Å²) < 4.78 is 0. The third kappa shape index (κ3) is 1.70. The van der Waals surface area contributed by atoms with Crippen LogP contribution in [0.4, 0.5) is 0 Å². The molecular weight excluding hydrogens is 204 g/mol.